The summed E-state index contributed by atoms with van der Waals surface area (Å²) < 4.78 is 25.7. The number of para-hydroxylation sites is 1. The molecule has 0 aliphatic rings. The van der Waals surface area contributed by atoms with Gasteiger partial charge in [-0.2, -0.15) is 0 Å². The standard InChI is InChI=1S/C24H25FN2O5/c1-24(2,3)32-23(30)27-14-15(16-9-6-8-12-20(16)27)13-19(22(29)31-4)26-21(28)17-10-5-7-11-18(17)25/h5-12,14,19H,13H2,1-4H3,(H,26,28)/t19-/m0/s1. The van der Waals surface area contributed by atoms with Crippen LogP contribution in [0, 0.1) is 5.82 Å². The molecule has 0 saturated heterocycles. The lowest BCUT2D eigenvalue weighted by atomic mass is 10.0. The topological polar surface area (TPSA) is 86.6 Å². The van der Waals surface area contributed by atoms with Crippen molar-refractivity contribution in [2.45, 2.75) is 38.8 Å². The molecule has 8 heteroatoms. The Kier molecular flexibility index (Phi) is 6.62. The van der Waals surface area contributed by atoms with E-state index in [4.69, 9.17) is 9.47 Å². The van der Waals surface area contributed by atoms with E-state index in [0.717, 1.165) is 6.07 Å². The SMILES string of the molecule is COC(=O)[C@H](Cc1cn(C(=O)OC(C)(C)C)c2ccccc12)NC(=O)c1ccccc1F. The van der Waals surface area contributed by atoms with Gasteiger partial charge in [-0.25, -0.2) is 14.0 Å². The molecule has 168 valence electrons. The van der Waals surface area contributed by atoms with Gasteiger partial charge in [-0.05, 0) is 44.5 Å². The van der Waals surface area contributed by atoms with E-state index in [1.165, 1.54) is 29.9 Å². The average molecular weight is 440 g/mol. The number of hydrogen-bond acceptors (Lipinski definition) is 5. The predicted molar refractivity (Wildman–Crippen MR) is 117 cm³/mol. The number of amides is 1. The minimum atomic E-state index is -1.09. The van der Waals surface area contributed by atoms with Crippen LogP contribution < -0.4 is 5.32 Å². The number of fused-ring (bicyclic) bond motifs is 1. The second-order valence-corrected chi connectivity index (χ2v) is 8.26. The largest absolute Gasteiger partial charge is 0.467 e. The van der Waals surface area contributed by atoms with Crippen LogP contribution in [0.3, 0.4) is 0 Å². The van der Waals surface area contributed by atoms with Gasteiger partial charge in [-0.3, -0.25) is 9.36 Å². The number of rotatable bonds is 5. The van der Waals surface area contributed by atoms with Gasteiger partial charge < -0.3 is 14.8 Å². The summed E-state index contributed by atoms with van der Waals surface area (Å²) in [6.45, 7) is 5.30. The monoisotopic (exact) mass is 440 g/mol. The van der Waals surface area contributed by atoms with Gasteiger partial charge >= 0.3 is 12.1 Å². The maximum atomic E-state index is 14.0. The summed E-state index contributed by atoms with van der Waals surface area (Å²) in [5.41, 5.74) is 0.347. The predicted octanol–water partition coefficient (Wildman–Crippen LogP) is 4.08. The molecule has 7 nitrogen and oxygen atoms in total. The van der Waals surface area contributed by atoms with Gasteiger partial charge in [-0.1, -0.05) is 30.3 Å². The highest BCUT2D eigenvalue weighted by molar-refractivity contribution is 5.97. The van der Waals surface area contributed by atoms with Gasteiger partial charge in [0.2, 0.25) is 0 Å². The first kappa shape index (κ1) is 23.0. The molecule has 0 bridgehead atoms. The van der Waals surface area contributed by atoms with Gasteiger partial charge in [0.15, 0.2) is 0 Å². The number of benzene rings is 2. The zero-order valence-electron chi connectivity index (χ0n) is 18.3. The molecule has 0 fully saturated rings. The van der Waals surface area contributed by atoms with E-state index in [9.17, 15) is 18.8 Å². The van der Waals surface area contributed by atoms with Gasteiger partial charge in [0.1, 0.15) is 17.5 Å². The third-order valence-electron chi connectivity index (χ3n) is 4.72. The van der Waals surface area contributed by atoms with E-state index >= 15 is 0 Å². The summed E-state index contributed by atoms with van der Waals surface area (Å²) >= 11 is 0. The Labute approximate surface area is 185 Å². The van der Waals surface area contributed by atoms with Crippen molar-refractivity contribution >= 4 is 28.9 Å². The van der Waals surface area contributed by atoms with E-state index < -0.39 is 35.4 Å². The molecule has 0 aliphatic heterocycles. The summed E-state index contributed by atoms with van der Waals surface area (Å²) in [7, 11) is 1.20. The third-order valence-corrected chi connectivity index (χ3v) is 4.72. The van der Waals surface area contributed by atoms with Crippen LogP contribution in [0.2, 0.25) is 0 Å². The molecule has 0 spiro atoms. The van der Waals surface area contributed by atoms with Gasteiger partial charge in [0.05, 0.1) is 18.2 Å². The molecule has 1 heterocycles. The number of ether oxygens (including phenoxy) is 2. The number of esters is 1. The Hall–Kier alpha value is -3.68. The highest BCUT2D eigenvalue weighted by Gasteiger charge is 2.27. The zero-order chi connectivity index (χ0) is 23.5. The second kappa shape index (κ2) is 9.21. The van der Waals surface area contributed by atoms with E-state index in [2.05, 4.69) is 5.32 Å². The minimum absolute atomic E-state index is 0.0309. The maximum absolute atomic E-state index is 14.0. The molecule has 3 rings (SSSR count). The Morgan fingerprint density at radius 3 is 2.38 bits per heavy atom. The molecular weight excluding hydrogens is 415 g/mol. The number of hydrogen-bond donors (Lipinski definition) is 1. The lowest BCUT2D eigenvalue weighted by molar-refractivity contribution is -0.142. The Bertz CT molecular complexity index is 1160. The number of aromatic nitrogens is 1. The highest BCUT2D eigenvalue weighted by Crippen LogP contribution is 2.24. The number of halogens is 1. The summed E-state index contributed by atoms with van der Waals surface area (Å²) in [5, 5.41) is 3.25. The average Bonchev–Trinajstić information content (AvgIpc) is 3.10. The Morgan fingerprint density at radius 1 is 1.06 bits per heavy atom. The lowest BCUT2D eigenvalue weighted by Crippen LogP contribution is -2.43. The number of nitrogens with one attached hydrogen (secondary N) is 1. The number of carbonyl (C=O) groups is 3. The quantitative estimate of drug-likeness (QED) is 0.604. The van der Waals surface area contributed by atoms with Crippen molar-refractivity contribution in [3.8, 4) is 0 Å². The Morgan fingerprint density at radius 2 is 1.72 bits per heavy atom. The summed E-state index contributed by atoms with van der Waals surface area (Å²) in [4.78, 5) is 37.7. The number of methoxy groups -OCH3 is 1. The first-order valence-electron chi connectivity index (χ1n) is 10.1. The normalized spacial score (nSPS) is 12.3. The van der Waals surface area contributed by atoms with Crippen molar-refractivity contribution in [2.75, 3.05) is 7.11 Å². The van der Waals surface area contributed by atoms with Crippen molar-refractivity contribution in [1.82, 2.24) is 9.88 Å². The molecule has 2 aromatic carbocycles. The zero-order valence-corrected chi connectivity index (χ0v) is 18.3. The van der Waals surface area contributed by atoms with Gasteiger partial charge in [-0.15, -0.1) is 0 Å². The summed E-state index contributed by atoms with van der Waals surface area (Å²) in [5.74, 6) is -2.13. The molecule has 1 N–H and O–H groups in total. The molecular formula is C24H25FN2O5. The van der Waals surface area contributed by atoms with Crippen LogP contribution in [0.15, 0.2) is 54.7 Å². The van der Waals surface area contributed by atoms with Crippen LogP contribution in [-0.2, 0) is 20.7 Å². The molecule has 0 radical (unpaired) electrons. The van der Waals surface area contributed by atoms with Crippen molar-refractivity contribution in [2.24, 2.45) is 0 Å². The molecule has 3 aromatic rings. The highest BCUT2D eigenvalue weighted by atomic mass is 19.1. The summed E-state index contributed by atoms with van der Waals surface area (Å²) in [6.07, 6.45) is 1.04. The van der Waals surface area contributed by atoms with Crippen LogP contribution in [0.4, 0.5) is 9.18 Å². The fourth-order valence-corrected chi connectivity index (χ4v) is 3.31. The molecule has 0 aliphatic carbocycles. The minimum Gasteiger partial charge on any atom is -0.467 e. The van der Waals surface area contributed by atoms with Crippen LogP contribution in [-0.4, -0.2) is 41.3 Å². The molecule has 1 amide bonds. The molecule has 0 unspecified atom stereocenters. The first-order chi connectivity index (χ1) is 15.1. The number of carbonyl (C=O) groups excluding carboxylic acids is 3. The summed E-state index contributed by atoms with van der Waals surface area (Å²) in [6, 6.07) is 11.5. The van der Waals surface area contributed by atoms with Crippen molar-refractivity contribution < 1.29 is 28.2 Å². The van der Waals surface area contributed by atoms with Crippen LogP contribution in [0.25, 0.3) is 10.9 Å². The van der Waals surface area contributed by atoms with Crippen LogP contribution >= 0.6 is 0 Å². The fraction of sp³-hybridized carbons (Fsp3) is 0.292. The molecule has 32 heavy (non-hydrogen) atoms. The van der Waals surface area contributed by atoms with Crippen molar-refractivity contribution in [3.63, 3.8) is 0 Å². The smallest absolute Gasteiger partial charge is 0.419 e. The van der Waals surface area contributed by atoms with E-state index in [1.54, 1.807) is 51.2 Å². The maximum Gasteiger partial charge on any atom is 0.419 e. The van der Waals surface area contributed by atoms with Crippen LogP contribution in [0.1, 0.15) is 36.7 Å². The first-order valence-corrected chi connectivity index (χ1v) is 10.1. The molecule has 1 aromatic heterocycles. The van der Waals surface area contributed by atoms with Crippen LogP contribution in [0.5, 0.6) is 0 Å². The Balaban J connectivity index is 1.94. The molecule has 1 atom stereocenters. The third kappa shape index (κ3) is 5.14. The number of nitrogens with zero attached hydrogens (tertiary/aromatic N) is 1. The van der Waals surface area contributed by atoms with E-state index in [1.807, 2.05) is 0 Å². The second-order valence-electron chi connectivity index (χ2n) is 8.26. The van der Waals surface area contributed by atoms with Gasteiger partial charge in [0, 0.05) is 18.0 Å². The fourth-order valence-electron chi connectivity index (χ4n) is 3.31. The van der Waals surface area contributed by atoms with Crippen molar-refractivity contribution in [1.29, 1.82) is 0 Å². The molecule has 0 saturated carbocycles. The lowest BCUT2D eigenvalue weighted by Gasteiger charge is -2.19. The van der Waals surface area contributed by atoms with E-state index in [0.29, 0.717) is 16.5 Å². The van der Waals surface area contributed by atoms with Crippen molar-refractivity contribution in [3.05, 3.63) is 71.7 Å². The van der Waals surface area contributed by atoms with Gasteiger partial charge in [0.25, 0.3) is 5.91 Å². The van der Waals surface area contributed by atoms with E-state index in [-0.39, 0.29) is 12.0 Å².